The Hall–Kier alpha value is -2.33. The topological polar surface area (TPSA) is 153 Å². The molecule has 0 spiro atoms. The molecule has 3 fully saturated rings. The van der Waals surface area contributed by atoms with Gasteiger partial charge >= 0.3 is 5.97 Å². The Labute approximate surface area is 204 Å². The fourth-order valence-electron chi connectivity index (χ4n) is 8.01. The van der Waals surface area contributed by atoms with E-state index in [0.717, 1.165) is 5.57 Å². The Bertz CT molecular complexity index is 947. The first-order valence-electron chi connectivity index (χ1n) is 12.5. The number of hydrogen-bond acceptors (Lipinski definition) is 9. The van der Waals surface area contributed by atoms with E-state index in [-0.39, 0.29) is 61.2 Å². The summed E-state index contributed by atoms with van der Waals surface area (Å²) < 4.78 is 5.86. The Balaban J connectivity index is 1.61. The summed E-state index contributed by atoms with van der Waals surface area (Å²) in [5.74, 6) is -1.03. The lowest BCUT2D eigenvalue weighted by Crippen LogP contribution is -2.63. The number of ether oxygens (including phenoxy) is 1. The molecule has 4 aliphatic carbocycles. The van der Waals surface area contributed by atoms with Crippen molar-refractivity contribution in [2.75, 3.05) is 13.2 Å². The van der Waals surface area contributed by atoms with E-state index in [9.17, 15) is 34.7 Å². The number of Topliss-reactive ketones (excluding diaryl/α,β-unsaturated/α-hetero) is 2. The number of aliphatic hydroxyl groups is 2. The molecule has 0 aromatic rings. The zero-order chi connectivity index (χ0) is 25.6. The summed E-state index contributed by atoms with van der Waals surface area (Å²) in [7, 11) is 0. The molecule has 4 aliphatic rings. The highest BCUT2D eigenvalue weighted by Crippen LogP contribution is 2.67. The summed E-state index contributed by atoms with van der Waals surface area (Å²) in [6.07, 6.45) is 4.72. The number of aliphatic hydroxyl groups excluding tert-OH is 2. The van der Waals surface area contributed by atoms with Crippen molar-refractivity contribution in [3.8, 4) is 0 Å². The van der Waals surface area contributed by atoms with Gasteiger partial charge in [-0.2, -0.15) is 0 Å². The van der Waals surface area contributed by atoms with Crippen LogP contribution in [0.5, 0.6) is 0 Å². The average molecular weight is 494 g/mol. The van der Waals surface area contributed by atoms with Gasteiger partial charge in [0.2, 0.25) is 5.78 Å². The first kappa shape index (κ1) is 25.8. The smallest absolute Gasteiger partial charge is 0.306 e. The summed E-state index contributed by atoms with van der Waals surface area (Å²) >= 11 is 0. The fourth-order valence-corrected chi connectivity index (χ4v) is 8.01. The first-order valence-corrected chi connectivity index (χ1v) is 12.5. The highest BCUT2D eigenvalue weighted by Gasteiger charge is 2.70. The molecule has 0 amide bonds. The summed E-state index contributed by atoms with van der Waals surface area (Å²) in [4.78, 5) is 52.6. The van der Waals surface area contributed by atoms with Crippen LogP contribution in [0.1, 0.15) is 71.6 Å². The van der Waals surface area contributed by atoms with Crippen molar-refractivity contribution in [1.82, 2.24) is 0 Å². The van der Waals surface area contributed by atoms with Gasteiger partial charge in [0, 0.05) is 24.7 Å². The number of carbonyl (C=O) groups is 3. The van der Waals surface area contributed by atoms with E-state index in [2.05, 4.69) is 17.8 Å². The second kappa shape index (κ2) is 9.28. The lowest BCUT2D eigenvalue weighted by Gasteiger charge is -2.60. The predicted molar refractivity (Wildman–Crippen MR) is 121 cm³/mol. The number of fused-ring (bicyclic) bond motifs is 5. The molecule has 4 rings (SSSR count). The van der Waals surface area contributed by atoms with Gasteiger partial charge < -0.3 is 19.8 Å². The van der Waals surface area contributed by atoms with E-state index >= 15 is 0 Å². The number of rotatable bonds is 8. The van der Waals surface area contributed by atoms with Gasteiger partial charge in [0.15, 0.2) is 5.60 Å². The molecular formula is C25H35NO9. The Morgan fingerprint density at radius 2 is 2.03 bits per heavy atom. The minimum absolute atomic E-state index is 0.00993. The van der Waals surface area contributed by atoms with Crippen LogP contribution in [0, 0.1) is 38.7 Å². The second-order valence-electron chi connectivity index (χ2n) is 11.2. The molecule has 0 aromatic heterocycles. The molecule has 0 bridgehead atoms. The summed E-state index contributed by atoms with van der Waals surface area (Å²) in [6.45, 7) is 2.98. The van der Waals surface area contributed by atoms with Crippen molar-refractivity contribution in [2.45, 2.75) is 83.3 Å². The number of allylic oxidation sites excluding steroid dienone is 2. The lowest BCUT2D eigenvalue weighted by molar-refractivity contribution is -0.757. The summed E-state index contributed by atoms with van der Waals surface area (Å²) in [5, 5.41) is 30.7. The summed E-state index contributed by atoms with van der Waals surface area (Å²) in [5.41, 5.74) is -1.60. The number of hydrogen-bond donors (Lipinski definition) is 2. The van der Waals surface area contributed by atoms with Crippen LogP contribution in [0.15, 0.2) is 11.6 Å². The maximum absolute atomic E-state index is 13.2. The van der Waals surface area contributed by atoms with Crippen LogP contribution in [0.25, 0.3) is 0 Å². The van der Waals surface area contributed by atoms with Gasteiger partial charge in [-0.3, -0.25) is 14.4 Å². The van der Waals surface area contributed by atoms with Crippen LogP contribution >= 0.6 is 0 Å². The number of esters is 1. The Morgan fingerprint density at radius 1 is 1.29 bits per heavy atom. The van der Waals surface area contributed by atoms with E-state index < -0.39 is 40.6 Å². The van der Waals surface area contributed by atoms with Gasteiger partial charge in [-0.1, -0.05) is 25.5 Å². The normalized spacial score (nSPS) is 40.1. The lowest BCUT2D eigenvalue weighted by atomic mass is 9.46. The minimum Gasteiger partial charge on any atom is -0.450 e. The zero-order valence-electron chi connectivity index (χ0n) is 20.4. The average Bonchev–Trinajstić information content (AvgIpc) is 3.08. The predicted octanol–water partition coefficient (Wildman–Crippen LogP) is 2.32. The molecule has 2 N–H and O–H groups in total. The van der Waals surface area contributed by atoms with Crippen molar-refractivity contribution < 1.29 is 39.3 Å². The molecule has 194 valence electrons. The van der Waals surface area contributed by atoms with Crippen molar-refractivity contribution in [3.63, 3.8) is 0 Å². The van der Waals surface area contributed by atoms with E-state index in [1.54, 1.807) is 0 Å². The molecule has 0 aromatic carbocycles. The molecule has 3 saturated carbocycles. The van der Waals surface area contributed by atoms with Crippen LogP contribution in [0.3, 0.4) is 0 Å². The van der Waals surface area contributed by atoms with E-state index in [1.165, 1.54) is 0 Å². The molecule has 10 nitrogen and oxygen atoms in total. The van der Waals surface area contributed by atoms with Crippen LogP contribution in [-0.4, -0.2) is 57.8 Å². The monoisotopic (exact) mass is 493 g/mol. The van der Waals surface area contributed by atoms with Crippen LogP contribution in [0.2, 0.25) is 0 Å². The largest absolute Gasteiger partial charge is 0.450 e. The van der Waals surface area contributed by atoms with Gasteiger partial charge in [-0.15, -0.1) is 10.1 Å². The second-order valence-corrected chi connectivity index (χ2v) is 11.2. The Kier molecular flexibility index (Phi) is 6.83. The fraction of sp³-hybridized carbons (Fsp3) is 0.800. The van der Waals surface area contributed by atoms with Crippen molar-refractivity contribution >= 4 is 17.5 Å². The highest BCUT2D eigenvalue weighted by atomic mass is 16.9. The number of nitrogens with zero attached hydrogens (tertiary/aromatic N) is 1. The van der Waals surface area contributed by atoms with Gasteiger partial charge in [0.1, 0.15) is 12.4 Å². The maximum Gasteiger partial charge on any atom is 0.306 e. The minimum atomic E-state index is -1.56. The molecule has 0 saturated heterocycles. The van der Waals surface area contributed by atoms with Crippen molar-refractivity contribution in [2.24, 2.45) is 28.6 Å². The van der Waals surface area contributed by atoms with Gasteiger partial charge in [-0.25, -0.2) is 0 Å². The molecule has 0 aliphatic heterocycles. The van der Waals surface area contributed by atoms with Crippen molar-refractivity contribution in [1.29, 1.82) is 0 Å². The Morgan fingerprint density at radius 3 is 2.71 bits per heavy atom. The standard InChI is InChI=1S/C25H35NO9/c1-23-9-7-16(28)12-15(23)5-6-17-18-8-10-25(20(30)14-27,24(18,2)13-19(29)22(17)23)35-21(31)4-3-11-34-26(32)33/h5,17-19,22,27,29H,3-4,6-14H2,1-2H3/t17?,18?,19-,22+,23-,24-,25-/m0/s1. The highest BCUT2D eigenvalue weighted by molar-refractivity contribution is 5.92. The first-order chi connectivity index (χ1) is 16.5. The van der Waals surface area contributed by atoms with Gasteiger partial charge in [0.05, 0.1) is 12.7 Å². The molecule has 0 radical (unpaired) electrons. The van der Waals surface area contributed by atoms with E-state index in [4.69, 9.17) is 4.74 Å². The molecular weight excluding hydrogens is 458 g/mol. The van der Waals surface area contributed by atoms with E-state index in [0.29, 0.717) is 32.1 Å². The third-order valence-corrected chi connectivity index (χ3v) is 9.59. The van der Waals surface area contributed by atoms with Gasteiger partial charge in [0.25, 0.3) is 5.09 Å². The quantitative estimate of drug-likeness (QED) is 0.170. The molecule has 7 atom stereocenters. The maximum atomic E-state index is 13.2. The third kappa shape index (κ3) is 4.08. The SMILES string of the molecule is C[C@]12CCC(=O)CC1=CCC1C3CC[C@](OC(=O)CCCO[N+](=O)[O-])(C(=O)CO)[C@@]3(C)C[C@H](O)[C@@H]12. The van der Waals surface area contributed by atoms with Crippen LogP contribution in [0.4, 0.5) is 0 Å². The number of carbonyl (C=O) groups excluding carboxylic acids is 3. The van der Waals surface area contributed by atoms with Crippen molar-refractivity contribution in [3.05, 3.63) is 21.8 Å². The molecule has 2 unspecified atom stereocenters. The van der Waals surface area contributed by atoms with Gasteiger partial charge in [-0.05, 0) is 61.7 Å². The van der Waals surface area contributed by atoms with Crippen LogP contribution < -0.4 is 0 Å². The summed E-state index contributed by atoms with van der Waals surface area (Å²) in [6, 6.07) is 0. The molecule has 0 heterocycles. The number of ketones is 2. The third-order valence-electron chi connectivity index (χ3n) is 9.59. The van der Waals surface area contributed by atoms with Crippen LogP contribution in [-0.2, 0) is 24.0 Å². The zero-order valence-corrected chi connectivity index (χ0v) is 20.4. The van der Waals surface area contributed by atoms with E-state index in [1.807, 2.05) is 6.92 Å². The molecule has 35 heavy (non-hydrogen) atoms. The molecule has 10 heteroatoms.